The molecule has 1 aliphatic rings. The van der Waals surface area contributed by atoms with E-state index < -0.39 is 0 Å². The van der Waals surface area contributed by atoms with E-state index in [4.69, 9.17) is 0 Å². The Labute approximate surface area is 111 Å². The van der Waals surface area contributed by atoms with E-state index in [1.54, 1.807) is 0 Å². The van der Waals surface area contributed by atoms with Gasteiger partial charge in [0.2, 0.25) is 5.91 Å². The van der Waals surface area contributed by atoms with Crippen LogP contribution >= 0.6 is 15.9 Å². The topological polar surface area (TPSA) is 29.1 Å². The number of fused-ring (bicyclic) bond motifs is 1. The van der Waals surface area contributed by atoms with Crippen LogP contribution in [-0.2, 0) is 4.79 Å². The molecule has 0 saturated heterocycles. The molecule has 0 bridgehead atoms. The lowest BCUT2D eigenvalue weighted by Crippen LogP contribution is -2.15. The summed E-state index contributed by atoms with van der Waals surface area (Å²) in [5.74, 6) is 0.157. The Hall–Kier alpha value is -0.830. The average molecular weight is 296 g/mol. The van der Waals surface area contributed by atoms with Gasteiger partial charge in [-0.05, 0) is 42.0 Å². The summed E-state index contributed by atoms with van der Waals surface area (Å²) in [7, 11) is 0. The first kappa shape index (κ1) is 12.6. The zero-order valence-electron chi connectivity index (χ0n) is 10.5. The van der Waals surface area contributed by atoms with Crippen molar-refractivity contribution >= 4 is 27.5 Å². The highest BCUT2D eigenvalue weighted by atomic mass is 79.9. The fraction of sp³-hybridized carbons (Fsp3) is 0.500. The Morgan fingerprint density at radius 2 is 2.06 bits per heavy atom. The SMILES string of the molecule is CC(C)(C)CCC1C(=O)Nc2ccc(Br)cc21. The first-order valence-corrected chi connectivity index (χ1v) is 6.76. The molecule has 0 fully saturated rings. The van der Waals surface area contributed by atoms with Crippen LogP contribution in [0.4, 0.5) is 5.69 Å². The Morgan fingerprint density at radius 3 is 2.71 bits per heavy atom. The second kappa shape index (κ2) is 4.45. The van der Waals surface area contributed by atoms with Crippen molar-refractivity contribution < 1.29 is 4.79 Å². The van der Waals surface area contributed by atoms with E-state index in [9.17, 15) is 4.79 Å². The van der Waals surface area contributed by atoms with Crippen LogP contribution in [-0.4, -0.2) is 5.91 Å². The molecule has 1 atom stereocenters. The quantitative estimate of drug-likeness (QED) is 0.865. The largest absolute Gasteiger partial charge is 0.325 e. The summed E-state index contributed by atoms with van der Waals surface area (Å²) in [6, 6.07) is 5.99. The van der Waals surface area contributed by atoms with Gasteiger partial charge in [-0.3, -0.25) is 4.79 Å². The van der Waals surface area contributed by atoms with E-state index in [1.807, 2.05) is 12.1 Å². The van der Waals surface area contributed by atoms with Gasteiger partial charge in [-0.1, -0.05) is 36.7 Å². The van der Waals surface area contributed by atoms with Gasteiger partial charge in [0.1, 0.15) is 0 Å². The number of halogens is 1. The second-order valence-corrected chi connectivity index (χ2v) is 6.79. The van der Waals surface area contributed by atoms with Gasteiger partial charge in [0.15, 0.2) is 0 Å². The predicted octanol–water partition coefficient (Wildman–Crippen LogP) is 4.31. The molecule has 1 aliphatic heterocycles. The molecule has 0 aromatic heterocycles. The molecule has 17 heavy (non-hydrogen) atoms. The van der Waals surface area contributed by atoms with Gasteiger partial charge >= 0.3 is 0 Å². The van der Waals surface area contributed by atoms with E-state index in [1.165, 1.54) is 0 Å². The standard InChI is InChI=1S/C14H18BrNO/c1-14(2,3)7-6-10-11-8-9(15)4-5-12(11)16-13(10)17/h4-5,8,10H,6-7H2,1-3H3,(H,16,17). The second-order valence-electron chi connectivity index (χ2n) is 5.87. The summed E-state index contributed by atoms with van der Waals surface area (Å²) >= 11 is 3.46. The molecule has 1 heterocycles. The Kier molecular flexibility index (Phi) is 3.30. The number of rotatable bonds is 2. The third-order valence-corrected chi connectivity index (χ3v) is 3.64. The van der Waals surface area contributed by atoms with E-state index in [2.05, 4.69) is 48.1 Å². The van der Waals surface area contributed by atoms with E-state index in [-0.39, 0.29) is 17.2 Å². The number of hydrogen-bond acceptors (Lipinski definition) is 1. The lowest BCUT2D eigenvalue weighted by Gasteiger charge is -2.20. The summed E-state index contributed by atoms with van der Waals surface area (Å²) in [5.41, 5.74) is 2.38. The minimum Gasteiger partial charge on any atom is -0.325 e. The van der Waals surface area contributed by atoms with Crippen LogP contribution in [0, 0.1) is 5.41 Å². The lowest BCUT2D eigenvalue weighted by molar-refractivity contribution is -0.117. The molecule has 0 saturated carbocycles. The van der Waals surface area contributed by atoms with Crippen LogP contribution in [0.5, 0.6) is 0 Å². The summed E-state index contributed by atoms with van der Waals surface area (Å²) in [4.78, 5) is 11.9. The number of hydrogen-bond donors (Lipinski definition) is 1. The van der Waals surface area contributed by atoms with Crippen molar-refractivity contribution in [3.63, 3.8) is 0 Å². The maximum atomic E-state index is 11.9. The van der Waals surface area contributed by atoms with Gasteiger partial charge in [0.25, 0.3) is 0 Å². The number of anilines is 1. The zero-order chi connectivity index (χ0) is 12.6. The smallest absolute Gasteiger partial charge is 0.232 e. The molecular formula is C14H18BrNO. The summed E-state index contributed by atoms with van der Waals surface area (Å²) < 4.78 is 1.04. The molecule has 1 amide bonds. The van der Waals surface area contributed by atoms with Gasteiger partial charge in [0, 0.05) is 10.2 Å². The highest BCUT2D eigenvalue weighted by Gasteiger charge is 2.31. The molecule has 0 radical (unpaired) electrons. The fourth-order valence-electron chi connectivity index (χ4n) is 2.16. The van der Waals surface area contributed by atoms with E-state index >= 15 is 0 Å². The Bertz CT molecular complexity index is 448. The normalized spacial score (nSPS) is 19.1. The Balaban J connectivity index is 2.19. The molecule has 92 valence electrons. The fourth-order valence-corrected chi connectivity index (χ4v) is 2.54. The first-order valence-electron chi connectivity index (χ1n) is 5.97. The molecule has 2 nitrogen and oxygen atoms in total. The number of benzene rings is 1. The monoisotopic (exact) mass is 295 g/mol. The van der Waals surface area contributed by atoms with Crippen LogP contribution in [0.1, 0.15) is 45.1 Å². The molecule has 2 rings (SSSR count). The molecule has 1 aromatic carbocycles. The Morgan fingerprint density at radius 1 is 1.35 bits per heavy atom. The first-order chi connectivity index (χ1) is 7.87. The van der Waals surface area contributed by atoms with Gasteiger partial charge in [-0.25, -0.2) is 0 Å². The number of nitrogens with one attached hydrogen (secondary N) is 1. The summed E-state index contributed by atoms with van der Waals surface area (Å²) in [5, 5.41) is 2.95. The molecule has 1 aromatic rings. The van der Waals surface area contributed by atoms with Crippen LogP contribution in [0.15, 0.2) is 22.7 Å². The van der Waals surface area contributed by atoms with Crippen molar-refractivity contribution in [1.29, 1.82) is 0 Å². The molecular weight excluding hydrogens is 278 g/mol. The molecule has 3 heteroatoms. The molecule has 0 spiro atoms. The van der Waals surface area contributed by atoms with Crippen molar-refractivity contribution in [1.82, 2.24) is 0 Å². The predicted molar refractivity (Wildman–Crippen MR) is 74.2 cm³/mol. The van der Waals surface area contributed by atoms with Crippen molar-refractivity contribution in [2.24, 2.45) is 5.41 Å². The minimum absolute atomic E-state index is 0.0155. The molecule has 0 aliphatic carbocycles. The van der Waals surface area contributed by atoms with E-state index in [0.29, 0.717) is 0 Å². The lowest BCUT2D eigenvalue weighted by atomic mass is 9.85. The van der Waals surface area contributed by atoms with Gasteiger partial charge in [-0.2, -0.15) is 0 Å². The van der Waals surface area contributed by atoms with Crippen molar-refractivity contribution in [3.05, 3.63) is 28.2 Å². The maximum absolute atomic E-state index is 11.9. The van der Waals surface area contributed by atoms with Crippen molar-refractivity contribution in [2.45, 2.75) is 39.5 Å². The van der Waals surface area contributed by atoms with Gasteiger partial charge in [0.05, 0.1) is 5.92 Å². The van der Waals surface area contributed by atoms with Crippen LogP contribution in [0.3, 0.4) is 0 Å². The third-order valence-electron chi connectivity index (χ3n) is 3.15. The molecule has 1 N–H and O–H groups in total. The van der Waals surface area contributed by atoms with Gasteiger partial charge < -0.3 is 5.32 Å². The van der Waals surface area contributed by atoms with E-state index in [0.717, 1.165) is 28.6 Å². The van der Waals surface area contributed by atoms with Crippen LogP contribution in [0.2, 0.25) is 0 Å². The molecule has 1 unspecified atom stereocenters. The highest BCUT2D eigenvalue weighted by molar-refractivity contribution is 9.10. The average Bonchev–Trinajstić information content (AvgIpc) is 2.49. The minimum atomic E-state index is 0.0155. The van der Waals surface area contributed by atoms with Crippen molar-refractivity contribution in [2.75, 3.05) is 5.32 Å². The zero-order valence-corrected chi connectivity index (χ0v) is 12.1. The number of carbonyl (C=O) groups excluding carboxylic acids is 1. The van der Waals surface area contributed by atoms with Crippen LogP contribution < -0.4 is 5.32 Å². The van der Waals surface area contributed by atoms with Gasteiger partial charge in [-0.15, -0.1) is 0 Å². The summed E-state index contributed by atoms with van der Waals surface area (Å²) in [6.45, 7) is 6.63. The van der Waals surface area contributed by atoms with Crippen LogP contribution in [0.25, 0.3) is 0 Å². The maximum Gasteiger partial charge on any atom is 0.232 e. The number of amides is 1. The number of carbonyl (C=O) groups is 1. The third kappa shape index (κ3) is 2.89. The summed E-state index contributed by atoms with van der Waals surface area (Å²) in [6.07, 6.45) is 1.97. The highest BCUT2D eigenvalue weighted by Crippen LogP contribution is 2.39. The van der Waals surface area contributed by atoms with Crippen molar-refractivity contribution in [3.8, 4) is 0 Å².